The van der Waals surface area contributed by atoms with Crippen LogP contribution in [0.25, 0.3) is 0 Å². The van der Waals surface area contributed by atoms with Gasteiger partial charge >= 0.3 is 0 Å². The molecule has 0 bridgehead atoms. The van der Waals surface area contributed by atoms with Crippen LogP contribution in [0.4, 0.5) is 0 Å². The van der Waals surface area contributed by atoms with Gasteiger partial charge in [0.15, 0.2) is 0 Å². The summed E-state index contributed by atoms with van der Waals surface area (Å²) in [6.45, 7) is 7.25. The summed E-state index contributed by atoms with van der Waals surface area (Å²) in [5, 5.41) is 11.7. The van der Waals surface area contributed by atoms with Gasteiger partial charge in [-0.15, -0.1) is 11.3 Å². The molecule has 0 saturated heterocycles. The summed E-state index contributed by atoms with van der Waals surface area (Å²) in [6, 6.07) is 1.89. The van der Waals surface area contributed by atoms with Crippen molar-refractivity contribution >= 4 is 17.2 Å². The first kappa shape index (κ1) is 15.1. The average Bonchev–Trinajstić information content (AvgIpc) is 2.82. The Morgan fingerprint density at radius 1 is 1.60 bits per heavy atom. The summed E-state index contributed by atoms with van der Waals surface area (Å²) in [5.41, 5.74) is 1.41. The Labute approximate surface area is 124 Å². The highest BCUT2D eigenvalue weighted by molar-refractivity contribution is 7.14. The summed E-state index contributed by atoms with van der Waals surface area (Å²) in [4.78, 5) is 13.7. The van der Waals surface area contributed by atoms with Gasteiger partial charge in [-0.2, -0.15) is 0 Å². The fraction of sp³-hybridized carbons (Fsp3) is 0.562. The molecule has 1 aromatic heterocycles. The van der Waals surface area contributed by atoms with Crippen LogP contribution < -0.4 is 5.32 Å². The standard InChI is InChI=1S/C16H21NO2S/c1-11-8-14(20-13(11)6-4-5-7-18)15(19)17-10-12-9-16(12,2)3/h8,12,18H,5,7,9-10H2,1-3H3,(H,17,19). The molecule has 0 radical (unpaired) electrons. The van der Waals surface area contributed by atoms with Gasteiger partial charge in [0.25, 0.3) is 5.91 Å². The number of hydrogen-bond donors (Lipinski definition) is 2. The van der Waals surface area contributed by atoms with Gasteiger partial charge in [-0.25, -0.2) is 0 Å². The number of thiophene rings is 1. The van der Waals surface area contributed by atoms with Gasteiger partial charge in [0.2, 0.25) is 0 Å². The number of aliphatic hydroxyl groups is 1. The monoisotopic (exact) mass is 291 g/mol. The Hall–Kier alpha value is -1.31. The minimum absolute atomic E-state index is 0.00370. The SMILES string of the molecule is Cc1cc(C(=O)NCC2CC2(C)C)sc1C#CCCO. The first-order chi connectivity index (χ1) is 9.44. The lowest BCUT2D eigenvalue weighted by Gasteiger charge is -2.04. The predicted molar refractivity (Wildman–Crippen MR) is 81.9 cm³/mol. The lowest BCUT2D eigenvalue weighted by Crippen LogP contribution is -2.25. The molecule has 1 unspecified atom stereocenters. The Bertz CT molecular complexity index is 563. The van der Waals surface area contributed by atoms with Gasteiger partial charge in [0, 0.05) is 13.0 Å². The van der Waals surface area contributed by atoms with E-state index in [1.165, 1.54) is 17.8 Å². The Morgan fingerprint density at radius 3 is 2.90 bits per heavy atom. The highest BCUT2D eigenvalue weighted by Gasteiger charge is 2.45. The van der Waals surface area contributed by atoms with Gasteiger partial charge in [-0.3, -0.25) is 4.79 Å². The van der Waals surface area contributed by atoms with Crippen LogP contribution in [-0.2, 0) is 0 Å². The molecule has 0 aromatic carbocycles. The van der Waals surface area contributed by atoms with Crippen molar-refractivity contribution in [1.82, 2.24) is 5.32 Å². The summed E-state index contributed by atoms with van der Waals surface area (Å²) >= 11 is 1.42. The minimum Gasteiger partial charge on any atom is -0.395 e. The van der Waals surface area contributed by atoms with Crippen LogP contribution in [0, 0.1) is 30.1 Å². The van der Waals surface area contributed by atoms with Crippen LogP contribution in [0.3, 0.4) is 0 Å². The molecule has 3 nitrogen and oxygen atoms in total. The van der Waals surface area contributed by atoms with E-state index in [-0.39, 0.29) is 12.5 Å². The van der Waals surface area contributed by atoms with Crippen molar-refractivity contribution in [2.45, 2.75) is 33.6 Å². The van der Waals surface area contributed by atoms with Crippen LogP contribution in [0.15, 0.2) is 6.07 Å². The lowest BCUT2D eigenvalue weighted by atomic mass is 10.1. The van der Waals surface area contributed by atoms with Crippen LogP contribution in [0.5, 0.6) is 0 Å². The Kier molecular flexibility index (Phi) is 4.52. The molecule has 1 aromatic rings. The highest BCUT2D eigenvalue weighted by atomic mass is 32.1. The van der Waals surface area contributed by atoms with Crippen molar-refractivity contribution in [3.63, 3.8) is 0 Å². The molecule has 2 rings (SSSR count). The van der Waals surface area contributed by atoms with E-state index in [1.807, 2.05) is 13.0 Å². The van der Waals surface area contributed by atoms with Crippen LogP contribution >= 0.6 is 11.3 Å². The van der Waals surface area contributed by atoms with Crippen molar-refractivity contribution in [3.05, 3.63) is 21.4 Å². The van der Waals surface area contributed by atoms with E-state index in [0.717, 1.165) is 17.0 Å². The Morgan fingerprint density at radius 2 is 2.30 bits per heavy atom. The summed E-state index contributed by atoms with van der Waals surface area (Å²) < 4.78 is 0. The van der Waals surface area contributed by atoms with E-state index in [0.29, 0.717) is 22.6 Å². The van der Waals surface area contributed by atoms with Crippen LogP contribution in [-0.4, -0.2) is 24.2 Å². The topological polar surface area (TPSA) is 49.3 Å². The smallest absolute Gasteiger partial charge is 0.261 e. The normalized spacial score (nSPS) is 19.1. The largest absolute Gasteiger partial charge is 0.395 e. The van der Waals surface area contributed by atoms with E-state index < -0.39 is 0 Å². The number of hydrogen-bond acceptors (Lipinski definition) is 3. The van der Waals surface area contributed by atoms with E-state index in [2.05, 4.69) is 31.0 Å². The van der Waals surface area contributed by atoms with Gasteiger partial charge in [-0.1, -0.05) is 25.7 Å². The second-order valence-corrected chi connectivity index (χ2v) is 7.05. The second kappa shape index (κ2) is 5.99. The molecule has 1 aliphatic rings. The summed E-state index contributed by atoms with van der Waals surface area (Å²) in [6.07, 6.45) is 1.66. The van der Waals surface area contributed by atoms with Gasteiger partial charge < -0.3 is 10.4 Å². The van der Waals surface area contributed by atoms with Crippen molar-refractivity contribution in [2.75, 3.05) is 13.2 Å². The molecule has 108 valence electrons. The van der Waals surface area contributed by atoms with E-state index in [1.54, 1.807) is 0 Å². The molecule has 1 amide bonds. The van der Waals surface area contributed by atoms with Crippen molar-refractivity contribution in [2.24, 2.45) is 11.3 Å². The van der Waals surface area contributed by atoms with Gasteiger partial charge in [0.05, 0.1) is 16.4 Å². The lowest BCUT2D eigenvalue weighted by molar-refractivity contribution is 0.0954. The van der Waals surface area contributed by atoms with Crippen molar-refractivity contribution in [3.8, 4) is 11.8 Å². The maximum Gasteiger partial charge on any atom is 0.261 e. The zero-order valence-electron chi connectivity index (χ0n) is 12.2. The molecule has 1 aliphatic carbocycles. The maximum atomic E-state index is 12.1. The molecular formula is C16H21NO2S. The van der Waals surface area contributed by atoms with Crippen LogP contribution in [0.2, 0.25) is 0 Å². The third kappa shape index (κ3) is 3.62. The molecule has 1 heterocycles. The zero-order valence-corrected chi connectivity index (χ0v) is 13.1. The summed E-state index contributed by atoms with van der Waals surface area (Å²) in [5.74, 6) is 6.51. The fourth-order valence-corrected chi connectivity index (χ4v) is 3.11. The first-order valence-electron chi connectivity index (χ1n) is 6.92. The number of aryl methyl sites for hydroxylation is 1. The van der Waals surface area contributed by atoms with E-state index >= 15 is 0 Å². The van der Waals surface area contributed by atoms with Crippen molar-refractivity contribution < 1.29 is 9.90 Å². The highest BCUT2D eigenvalue weighted by Crippen LogP contribution is 2.51. The van der Waals surface area contributed by atoms with Gasteiger partial charge in [0.1, 0.15) is 0 Å². The molecule has 0 aliphatic heterocycles. The summed E-state index contributed by atoms with van der Waals surface area (Å²) in [7, 11) is 0. The zero-order chi connectivity index (χ0) is 14.8. The second-order valence-electron chi connectivity index (χ2n) is 6.00. The molecular weight excluding hydrogens is 270 g/mol. The molecule has 4 heteroatoms. The number of amides is 1. The third-order valence-corrected chi connectivity index (χ3v) is 4.96. The molecule has 2 N–H and O–H groups in total. The van der Waals surface area contributed by atoms with E-state index in [4.69, 9.17) is 5.11 Å². The quantitative estimate of drug-likeness (QED) is 0.838. The third-order valence-electron chi connectivity index (χ3n) is 3.81. The minimum atomic E-state index is -0.00370. The number of aliphatic hydroxyl groups excluding tert-OH is 1. The first-order valence-corrected chi connectivity index (χ1v) is 7.74. The predicted octanol–water partition coefficient (Wildman–Crippen LogP) is 2.57. The molecule has 1 saturated carbocycles. The fourth-order valence-electron chi connectivity index (χ4n) is 2.14. The Balaban J connectivity index is 1.94. The molecule has 1 atom stereocenters. The van der Waals surface area contributed by atoms with E-state index in [9.17, 15) is 4.79 Å². The maximum absolute atomic E-state index is 12.1. The van der Waals surface area contributed by atoms with Gasteiger partial charge in [-0.05, 0) is 36.3 Å². The van der Waals surface area contributed by atoms with Crippen molar-refractivity contribution in [1.29, 1.82) is 0 Å². The number of carbonyl (C=O) groups is 1. The number of nitrogens with one attached hydrogen (secondary N) is 1. The van der Waals surface area contributed by atoms with Crippen LogP contribution in [0.1, 0.15) is 46.8 Å². The average molecular weight is 291 g/mol. The number of carbonyl (C=O) groups excluding carboxylic acids is 1. The molecule has 1 fully saturated rings. The molecule has 0 spiro atoms. The number of rotatable bonds is 4. The molecule has 20 heavy (non-hydrogen) atoms.